The van der Waals surface area contributed by atoms with E-state index in [1.165, 1.54) is 11.8 Å². The molecule has 1 unspecified atom stereocenters. The number of nitriles is 1. The maximum Gasteiger partial charge on any atom is 0.255 e. The summed E-state index contributed by atoms with van der Waals surface area (Å²) in [4.78, 5) is 29.0. The summed E-state index contributed by atoms with van der Waals surface area (Å²) < 4.78 is 0. The van der Waals surface area contributed by atoms with Gasteiger partial charge in [-0.25, -0.2) is 0 Å². The second kappa shape index (κ2) is 7.33. The predicted octanol–water partition coefficient (Wildman–Crippen LogP) is 5.18. The molecule has 0 fully saturated rings. The van der Waals surface area contributed by atoms with Crippen molar-refractivity contribution in [3.63, 3.8) is 0 Å². The Morgan fingerprint density at radius 2 is 1.63 bits per heavy atom. The zero-order valence-corrected chi connectivity index (χ0v) is 16.7. The molecule has 5 heteroatoms. The highest BCUT2D eigenvalue weighted by Crippen LogP contribution is 2.48. The minimum Gasteiger partial charge on any atom is -0.318 e. The zero-order chi connectivity index (χ0) is 20.7. The second-order valence-corrected chi connectivity index (χ2v) is 8.34. The van der Waals surface area contributed by atoms with Crippen LogP contribution in [0.5, 0.6) is 0 Å². The standard InChI is InChI=1S/C25H16N2O2S/c26-14-17-11-9-16(10-12-17)13-22-23(28)19-6-2-1-5-18(19)15-27-24(29)20-7-3-4-8-21(20)25(27)30-22/h1-13,25H,15H2. The average Bonchev–Trinajstić information content (AvgIpc) is 3.04. The number of amides is 1. The number of nitrogens with zero attached hydrogens (tertiary/aromatic N) is 2. The van der Waals surface area contributed by atoms with Gasteiger partial charge in [0, 0.05) is 17.7 Å². The zero-order valence-electron chi connectivity index (χ0n) is 15.9. The molecule has 144 valence electrons. The molecule has 5 rings (SSSR count). The second-order valence-electron chi connectivity index (χ2n) is 7.22. The lowest BCUT2D eigenvalue weighted by molar-refractivity contribution is 0.0758. The minimum atomic E-state index is -0.254. The van der Waals surface area contributed by atoms with E-state index in [2.05, 4.69) is 6.07 Å². The van der Waals surface area contributed by atoms with Crippen molar-refractivity contribution in [2.45, 2.75) is 11.9 Å². The van der Waals surface area contributed by atoms with Gasteiger partial charge in [-0.05, 0) is 41.0 Å². The molecule has 0 spiro atoms. The Kier molecular flexibility index (Phi) is 4.50. The molecule has 3 aromatic rings. The van der Waals surface area contributed by atoms with Crippen molar-refractivity contribution in [1.29, 1.82) is 5.26 Å². The predicted molar refractivity (Wildman–Crippen MR) is 117 cm³/mol. The number of carbonyl (C=O) groups excluding carboxylic acids is 2. The molecule has 0 aliphatic carbocycles. The number of benzene rings is 3. The molecule has 0 saturated heterocycles. The fraction of sp³-hybridized carbons (Fsp3) is 0.0800. The molecule has 1 amide bonds. The topological polar surface area (TPSA) is 61.2 Å². The fourth-order valence-corrected chi connectivity index (χ4v) is 5.18. The highest BCUT2D eigenvalue weighted by Gasteiger charge is 2.40. The first-order chi connectivity index (χ1) is 14.7. The Morgan fingerprint density at radius 1 is 0.933 bits per heavy atom. The maximum absolute atomic E-state index is 13.5. The molecule has 2 heterocycles. The van der Waals surface area contributed by atoms with E-state index in [0.29, 0.717) is 28.1 Å². The maximum atomic E-state index is 13.5. The summed E-state index contributed by atoms with van der Waals surface area (Å²) in [5.41, 5.74) is 4.50. The van der Waals surface area contributed by atoms with Crippen LogP contribution in [0.3, 0.4) is 0 Å². The molecule has 4 nitrogen and oxygen atoms in total. The molecule has 0 saturated carbocycles. The summed E-state index contributed by atoms with van der Waals surface area (Å²) in [6.45, 7) is 0.400. The van der Waals surface area contributed by atoms with Gasteiger partial charge in [-0.2, -0.15) is 5.26 Å². The van der Waals surface area contributed by atoms with Crippen LogP contribution in [0.2, 0.25) is 0 Å². The van der Waals surface area contributed by atoms with Gasteiger partial charge in [-0.15, -0.1) is 0 Å². The van der Waals surface area contributed by atoms with E-state index in [1.54, 1.807) is 12.1 Å². The van der Waals surface area contributed by atoms with Crippen LogP contribution >= 0.6 is 11.8 Å². The summed E-state index contributed by atoms with van der Waals surface area (Å²) in [6, 6.07) is 24.3. The van der Waals surface area contributed by atoms with Gasteiger partial charge in [0.1, 0.15) is 5.37 Å². The molecule has 0 aromatic heterocycles. The van der Waals surface area contributed by atoms with Crippen LogP contribution in [0.15, 0.2) is 77.7 Å². The Balaban J connectivity index is 1.66. The number of thioether (sulfide) groups is 1. The van der Waals surface area contributed by atoms with Crippen molar-refractivity contribution in [3.8, 4) is 6.07 Å². The highest BCUT2D eigenvalue weighted by atomic mass is 32.2. The average molecular weight is 408 g/mol. The summed E-state index contributed by atoms with van der Waals surface area (Å²) in [6.07, 6.45) is 1.85. The van der Waals surface area contributed by atoms with E-state index in [9.17, 15) is 9.59 Å². The van der Waals surface area contributed by atoms with Crippen molar-refractivity contribution in [2.24, 2.45) is 0 Å². The van der Waals surface area contributed by atoms with E-state index >= 15 is 0 Å². The molecule has 0 bridgehead atoms. The van der Waals surface area contributed by atoms with Crippen LogP contribution in [-0.2, 0) is 6.54 Å². The van der Waals surface area contributed by atoms with E-state index in [4.69, 9.17) is 5.26 Å². The summed E-state index contributed by atoms with van der Waals surface area (Å²) in [5, 5.41) is 8.78. The lowest BCUT2D eigenvalue weighted by Gasteiger charge is -2.29. The van der Waals surface area contributed by atoms with Crippen LogP contribution in [-0.4, -0.2) is 16.6 Å². The van der Waals surface area contributed by atoms with Gasteiger partial charge in [0.25, 0.3) is 5.91 Å². The third-order valence-corrected chi connectivity index (χ3v) is 6.69. The Labute approximate surface area is 178 Å². The van der Waals surface area contributed by atoms with Gasteiger partial charge < -0.3 is 4.90 Å². The van der Waals surface area contributed by atoms with Crippen molar-refractivity contribution in [3.05, 3.63) is 111 Å². The van der Waals surface area contributed by atoms with E-state index in [-0.39, 0.29) is 17.1 Å². The molecular formula is C25H16N2O2S. The van der Waals surface area contributed by atoms with Crippen LogP contribution in [0.1, 0.15) is 48.3 Å². The van der Waals surface area contributed by atoms with Crippen LogP contribution in [0, 0.1) is 11.3 Å². The highest BCUT2D eigenvalue weighted by molar-refractivity contribution is 8.04. The number of rotatable bonds is 1. The third kappa shape index (κ3) is 3.02. The first-order valence-corrected chi connectivity index (χ1v) is 10.4. The lowest BCUT2D eigenvalue weighted by atomic mass is 10.0. The number of hydrogen-bond acceptors (Lipinski definition) is 4. The number of ketones is 1. The summed E-state index contributed by atoms with van der Waals surface area (Å²) in [7, 11) is 0. The van der Waals surface area contributed by atoms with E-state index < -0.39 is 0 Å². The smallest absolute Gasteiger partial charge is 0.255 e. The van der Waals surface area contributed by atoms with E-state index in [1.807, 2.05) is 71.6 Å². The Bertz CT molecular complexity index is 1250. The Hall–Kier alpha value is -3.62. The number of Topliss-reactive ketones (excluding diaryl/α,β-unsaturated/α-hetero) is 1. The van der Waals surface area contributed by atoms with Gasteiger partial charge in [0.15, 0.2) is 5.78 Å². The first-order valence-electron chi connectivity index (χ1n) is 9.57. The van der Waals surface area contributed by atoms with Crippen LogP contribution in [0.25, 0.3) is 6.08 Å². The third-order valence-electron chi connectivity index (χ3n) is 5.40. The minimum absolute atomic E-state index is 0.00928. The van der Waals surface area contributed by atoms with Crippen LogP contribution < -0.4 is 0 Å². The number of allylic oxidation sites excluding steroid dienone is 1. The molecule has 30 heavy (non-hydrogen) atoms. The van der Waals surface area contributed by atoms with Gasteiger partial charge >= 0.3 is 0 Å². The van der Waals surface area contributed by atoms with Crippen molar-refractivity contribution in [1.82, 2.24) is 4.90 Å². The van der Waals surface area contributed by atoms with Crippen molar-refractivity contribution in [2.75, 3.05) is 0 Å². The van der Waals surface area contributed by atoms with Crippen LogP contribution in [0.4, 0.5) is 0 Å². The monoisotopic (exact) mass is 408 g/mol. The summed E-state index contributed by atoms with van der Waals surface area (Å²) in [5.74, 6) is -0.0542. The van der Waals surface area contributed by atoms with Crippen molar-refractivity contribution >= 4 is 29.5 Å². The van der Waals surface area contributed by atoms with Gasteiger partial charge in [-0.1, -0.05) is 66.4 Å². The quantitative estimate of drug-likeness (QED) is 0.520. The molecule has 1 atom stereocenters. The largest absolute Gasteiger partial charge is 0.318 e. The number of hydrogen-bond donors (Lipinski definition) is 0. The SMILES string of the molecule is N#Cc1ccc(C=C2SC3c4ccccc4C(=O)N3Cc3ccccc3C2=O)cc1. The molecule has 2 aliphatic heterocycles. The molecule has 0 radical (unpaired) electrons. The molecule has 0 N–H and O–H groups in total. The van der Waals surface area contributed by atoms with Gasteiger partial charge in [-0.3, -0.25) is 9.59 Å². The number of carbonyl (C=O) groups is 2. The molecule has 2 aliphatic rings. The van der Waals surface area contributed by atoms with Gasteiger partial charge in [0.2, 0.25) is 0 Å². The van der Waals surface area contributed by atoms with Crippen molar-refractivity contribution < 1.29 is 9.59 Å². The normalized spacial score (nSPS) is 18.8. The lowest BCUT2D eigenvalue weighted by Crippen LogP contribution is -2.29. The molecular weight excluding hydrogens is 392 g/mol. The summed E-state index contributed by atoms with van der Waals surface area (Å²) >= 11 is 1.41. The van der Waals surface area contributed by atoms with Gasteiger partial charge in [0.05, 0.1) is 16.5 Å². The fourth-order valence-electron chi connectivity index (χ4n) is 3.89. The Morgan fingerprint density at radius 3 is 2.40 bits per heavy atom. The van der Waals surface area contributed by atoms with E-state index in [0.717, 1.165) is 16.7 Å². The first kappa shape index (κ1) is 18.4. The molecule has 3 aromatic carbocycles. The number of fused-ring (bicyclic) bond motifs is 4.